The van der Waals surface area contributed by atoms with Gasteiger partial charge in [-0.25, -0.2) is 4.98 Å². The SMILES string of the molecule is COc1ccc(-c2noc(CCCCCNC(=O)c3cnc(C)cn3)n2)cc1. The highest BCUT2D eigenvalue weighted by atomic mass is 16.5. The highest BCUT2D eigenvalue weighted by Crippen LogP contribution is 2.20. The van der Waals surface area contributed by atoms with E-state index in [0.717, 1.165) is 36.3 Å². The molecule has 0 bridgehead atoms. The van der Waals surface area contributed by atoms with Gasteiger partial charge in [0, 0.05) is 24.7 Å². The lowest BCUT2D eigenvalue weighted by Gasteiger charge is -2.04. The molecule has 3 rings (SSSR count). The van der Waals surface area contributed by atoms with Gasteiger partial charge in [0.15, 0.2) is 0 Å². The molecule has 1 aromatic carbocycles. The van der Waals surface area contributed by atoms with Crippen LogP contribution in [0.2, 0.25) is 0 Å². The maximum atomic E-state index is 11.9. The third kappa shape index (κ3) is 5.35. The van der Waals surface area contributed by atoms with E-state index in [9.17, 15) is 4.79 Å². The Hall–Kier alpha value is -3.29. The molecule has 0 radical (unpaired) electrons. The van der Waals surface area contributed by atoms with Crippen molar-refractivity contribution in [2.24, 2.45) is 0 Å². The number of carbonyl (C=O) groups excluding carboxylic acids is 1. The van der Waals surface area contributed by atoms with Crippen molar-refractivity contribution in [2.75, 3.05) is 13.7 Å². The molecule has 0 saturated carbocycles. The lowest BCUT2D eigenvalue weighted by atomic mass is 10.2. The summed E-state index contributed by atoms with van der Waals surface area (Å²) in [6, 6.07) is 7.52. The number of carbonyl (C=O) groups is 1. The summed E-state index contributed by atoms with van der Waals surface area (Å²) in [5, 5.41) is 6.87. The third-order valence-corrected chi connectivity index (χ3v) is 4.18. The van der Waals surface area contributed by atoms with Crippen LogP contribution in [0.5, 0.6) is 5.75 Å². The Kier molecular flexibility index (Phi) is 6.67. The average molecular weight is 381 g/mol. The second-order valence-corrected chi connectivity index (χ2v) is 6.35. The number of amides is 1. The van der Waals surface area contributed by atoms with Gasteiger partial charge in [-0.2, -0.15) is 4.98 Å². The van der Waals surface area contributed by atoms with Crippen molar-refractivity contribution in [2.45, 2.75) is 32.6 Å². The number of ether oxygens (including phenoxy) is 1. The molecule has 0 saturated heterocycles. The van der Waals surface area contributed by atoms with E-state index in [1.165, 1.54) is 6.20 Å². The number of nitrogens with zero attached hydrogens (tertiary/aromatic N) is 4. The molecule has 0 fully saturated rings. The van der Waals surface area contributed by atoms with Crippen molar-refractivity contribution in [3.8, 4) is 17.1 Å². The molecule has 0 aliphatic rings. The smallest absolute Gasteiger partial charge is 0.271 e. The van der Waals surface area contributed by atoms with Gasteiger partial charge in [-0.05, 0) is 44.0 Å². The molecular formula is C20H23N5O3. The van der Waals surface area contributed by atoms with E-state index in [2.05, 4.69) is 25.4 Å². The van der Waals surface area contributed by atoms with Gasteiger partial charge in [-0.3, -0.25) is 9.78 Å². The van der Waals surface area contributed by atoms with Crippen molar-refractivity contribution in [1.29, 1.82) is 0 Å². The molecule has 8 nitrogen and oxygen atoms in total. The molecule has 0 aliphatic carbocycles. The van der Waals surface area contributed by atoms with Gasteiger partial charge in [0.05, 0.1) is 19.0 Å². The first-order chi connectivity index (χ1) is 13.7. The minimum absolute atomic E-state index is 0.200. The summed E-state index contributed by atoms with van der Waals surface area (Å²) in [4.78, 5) is 24.5. The predicted molar refractivity (Wildman–Crippen MR) is 103 cm³/mol. The number of methoxy groups -OCH3 is 1. The highest BCUT2D eigenvalue weighted by molar-refractivity contribution is 5.91. The maximum Gasteiger partial charge on any atom is 0.271 e. The monoisotopic (exact) mass is 381 g/mol. The molecule has 0 unspecified atom stereocenters. The summed E-state index contributed by atoms with van der Waals surface area (Å²) in [7, 11) is 1.63. The van der Waals surface area contributed by atoms with Crippen LogP contribution in [0.4, 0.5) is 0 Å². The number of nitrogens with one attached hydrogen (secondary N) is 1. The average Bonchev–Trinajstić information content (AvgIpc) is 3.20. The van der Waals surface area contributed by atoms with Crippen molar-refractivity contribution in [3.05, 3.63) is 53.9 Å². The third-order valence-electron chi connectivity index (χ3n) is 4.18. The standard InChI is InChI=1S/C20H23N5O3/c1-14-12-23-17(13-22-14)20(26)21-11-5-3-4-6-18-24-19(25-28-18)15-7-9-16(27-2)10-8-15/h7-10,12-13H,3-6,11H2,1-2H3,(H,21,26). The molecule has 3 aromatic rings. The molecule has 1 N–H and O–H groups in total. The molecule has 2 heterocycles. The largest absolute Gasteiger partial charge is 0.497 e. The zero-order chi connectivity index (χ0) is 19.8. The first-order valence-corrected chi connectivity index (χ1v) is 9.19. The van der Waals surface area contributed by atoms with Crippen molar-refractivity contribution >= 4 is 5.91 Å². The quantitative estimate of drug-likeness (QED) is 0.568. The van der Waals surface area contributed by atoms with Crippen LogP contribution in [0.25, 0.3) is 11.4 Å². The number of aryl methyl sites for hydroxylation is 2. The Morgan fingerprint density at radius 2 is 1.93 bits per heavy atom. The summed E-state index contributed by atoms with van der Waals surface area (Å²) < 4.78 is 10.5. The summed E-state index contributed by atoms with van der Waals surface area (Å²) in [6.45, 7) is 2.42. The van der Waals surface area contributed by atoms with Gasteiger partial charge in [-0.1, -0.05) is 11.6 Å². The number of rotatable bonds is 9. The van der Waals surface area contributed by atoms with E-state index >= 15 is 0 Å². The topological polar surface area (TPSA) is 103 Å². The molecule has 1 amide bonds. The first kappa shape index (κ1) is 19.5. The van der Waals surface area contributed by atoms with Crippen LogP contribution in [-0.2, 0) is 6.42 Å². The zero-order valence-corrected chi connectivity index (χ0v) is 16.0. The number of unbranched alkanes of at least 4 members (excludes halogenated alkanes) is 2. The summed E-state index contributed by atoms with van der Waals surface area (Å²) in [6.07, 6.45) is 6.50. The predicted octanol–water partition coefficient (Wildman–Crippen LogP) is 2.99. The lowest BCUT2D eigenvalue weighted by Crippen LogP contribution is -2.25. The molecule has 28 heavy (non-hydrogen) atoms. The van der Waals surface area contributed by atoms with E-state index in [-0.39, 0.29) is 5.91 Å². The highest BCUT2D eigenvalue weighted by Gasteiger charge is 2.09. The van der Waals surface area contributed by atoms with E-state index < -0.39 is 0 Å². The van der Waals surface area contributed by atoms with Crippen LogP contribution in [0.1, 0.15) is 41.3 Å². The van der Waals surface area contributed by atoms with Gasteiger partial charge >= 0.3 is 0 Å². The minimum Gasteiger partial charge on any atom is -0.497 e. The van der Waals surface area contributed by atoms with Gasteiger partial charge in [0.1, 0.15) is 11.4 Å². The Morgan fingerprint density at radius 3 is 2.64 bits per heavy atom. The number of hydrogen-bond acceptors (Lipinski definition) is 7. The van der Waals surface area contributed by atoms with E-state index in [4.69, 9.17) is 9.26 Å². The van der Waals surface area contributed by atoms with Gasteiger partial charge < -0.3 is 14.6 Å². The Morgan fingerprint density at radius 1 is 1.11 bits per heavy atom. The summed E-state index contributed by atoms with van der Waals surface area (Å²) in [5.41, 5.74) is 2.01. The second kappa shape index (κ2) is 9.59. The second-order valence-electron chi connectivity index (χ2n) is 6.35. The van der Waals surface area contributed by atoms with Crippen molar-refractivity contribution in [1.82, 2.24) is 25.4 Å². The van der Waals surface area contributed by atoms with Crippen LogP contribution in [0.15, 0.2) is 41.2 Å². The zero-order valence-electron chi connectivity index (χ0n) is 16.0. The fourth-order valence-corrected chi connectivity index (χ4v) is 2.59. The summed E-state index contributed by atoms with van der Waals surface area (Å²) >= 11 is 0. The first-order valence-electron chi connectivity index (χ1n) is 9.19. The summed E-state index contributed by atoms with van der Waals surface area (Å²) in [5.74, 6) is 1.77. The van der Waals surface area contributed by atoms with Crippen molar-refractivity contribution < 1.29 is 14.1 Å². The van der Waals surface area contributed by atoms with E-state index in [0.29, 0.717) is 30.4 Å². The lowest BCUT2D eigenvalue weighted by molar-refractivity contribution is 0.0947. The number of hydrogen-bond donors (Lipinski definition) is 1. The Labute approximate surface area is 163 Å². The van der Waals surface area contributed by atoms with Crippen LogP contribution in [0.3, 0.4) is 0 Å². The van der Waals surface area contributed by atoms with E-state index in [1.807, 2.05) is 31.2 Å². The van der Waals surface area contributed by atoms with Crippen molar-refractivity contribution in [3.63, 3.8) is 0 Å². The molecule has 8 heteroatoms. The van der Waals surface area contributed by atoms with Gasteiger partial charge in [-0.15, -0.1) is 0 Å². The number of aromatic nitrogens is 4. The molecule has 0 spiro atoms. The maximum absolute atomic E-state index is 11.9. The normalized spacial score (nSPS) is 10.6. The van der Waals surface area contributed by atoms with Gasteiger partial charge in [0.25, 0.3) is 5.91 Å². The molecule has 0 atom stereocenters. The molecular weight excluding hydrogens is 358 g/mol. The molecule has 2 aromatic heterocycles. The van der Waals surface area contributed by atoms with E-state index in [1.54, 1.807) is 13.3 Å². The minimum atomic E-state index is -0.200. The van der Waals surface area contributed by atoms with Crippen LogP contribution in [-0.4, -0.2) is 39.7 Å². The van der Waals surface area contributed by atoms with Crippen LogP contribution >= 0.6 is 0 Å². The Bertz CT molecular complexity index is 891. The number of benzene rings is 1. The fraction of sp³-hybridized carbons (Fsp3) is 0.350. The molecule has 146 valence electrons. The molecule has 0 aliphatic heterocycles. The van der Waals surface area contributed by atoms with Crippen LogP contribution in [0, 0.1) is 6.92 Å². The fourth-order valence-electron chi connectivity index (χ4n) is 2.59. The van der Waals surface area contributed by atoms with Gasteiger partial charge in [0.2, 0.25) is 11.7 Å². The van der Waals surface area contributed by atoms with Crippen LogP contribution < -0.4 is 10.1 Å². The Balaban J connectivity index is 1.36.